The van der Waals surface area contributed by atoms with Crippen molar-refractivity contribution in [3.63, 3.8) is 0 Å². The Morgan fingerprint density at radius 1 is 1.35 bits per heavy atom. The largest absolute Gasteiger partial charge is 0.480 e. The molecule has 0 aromatic heterocycles. The van der Waals surface area contributed by atoms with Crippen LogP contribution in [0.2, 0.25) is 0 Å². The van der Waals surface area contributed by atoms with Crippen molar-refractivity contribution in [3.8, 4) is 0 Å². The van der Waals surface area contributed by atoms with Crippen molar-refractivity contribution in [1.29, 1.82) is 0 Å². The predicted octanol–water partition coefficient (Wildman–Crippen LogP) is -0.243. The van der Waals surface area contributed by atoms with Crippen LogP contribution in [0.5, 0.6) is 0 Å². The van der Waals surface area contributed by atoms with E-state index < -0.39 is 23.9 Å². The highest BCUT2D eigenvalue weighted by Crippen LogP contribution is 1.99. The van der Waals surface area contributed by atoms with Gasteiger partial charge in [-0.2, -0.15) is 0 Å². The molecule has 0 spiro atoms. The minimum Gasteiger partial charge on any atom is -0.480 e. The van der Waals surface area contributed by atoms with Gasteiger partial charge in [0.05, 0.1) is 0 Å². The molecule has 1 atom stereocenters. The van der Waals surface area contributed by atoms with E-state index in [0.29, 0.717) is 12.8 Å². The first-order valence-electron chi connectivity index (χ1n) is 5.48. The summed E-state index contributed by atoms with van der Waals surface area (Å²) < 4.78 is 0. The van der Waals surface area contributed by atoms with Crippen LogP contribution in [0.1, 0.15) is 26.7 Å². The maximum atomic E-state index is 11.6. The number of carboxylic acid groups (broad SMARTS) is 1. The average molecular weight is 245 g/mol. The Kier molecular flexibility index (Phi) is 6.69. The summed E-state index contributed by atoms with van der Waals surface area (Å²) in [5.41, 5.74) is 4.98. The summed E-state index contributed by atoms with van der Waals surface area (Å²) in [6.45, 7) is 3.56. The molecular weight excluding hydrogens is 226 g/mol. The number of carbonyl (C=O) groups excluding carboxylic acids is 2. The van der Waals surface area contributed by atoms with Gasteiger partial charge < -0.3 is 21.1 Å². The summed E-state index contributed by atoms with van der Waals surface area (Å²) in [5, 5.41) is 11.2. The van der Waals surface area contributed by atoms with Gasteiger partial charge >= 0.3 is 12.0 Å². The Morgan fingerprint density at radius 3 is 2.29 bits per heavy atom. The number of nitrogens with two attached hydrogens (primary N) is 1. The van der Waals surface area contributed by atoms with Crippen LogP contribution < -0.4 is 11.1 Å². The van der Waals surface area contributed by atoms with Gasteiger partial charge in [-0.25, -0.2) is 9.59 Å². The highest BCUT2D eigenvalue weighted by molar-refractivity contribution is 5.86. The summed E-state index contributed by atoms with van der Waals surface area (Å²) in [6.07, 6.45) is 0.981. The second-order valence-electron chi connectivity index (χ2n) is 3.61. The second-order valence-corrected chi connectivity index (χ2v) is 3.61. The Hall–Kier alpha value is -1.79. The average Bonchev–Trinajstić information content (AvgIpc) is 2.24. The van der Waals surface area contributed by atoms with Crippen LogP contribution in [0.4, 0.5) is 4.79 Å². The fourth-order valence-corrected chi connectivity index (χ4v) is 1.30. The number of carboxylic acids is 1. The number of urea groups is 1. The van der Waals surface area contributed by atoms with E-state index in [0.717, 1.165) is 4.90 Å². The fourth-order valence-electron chi connectivity index (χ4n) is 1.30. The van der Waals surface area contributed by atoms with Crippen LogP contribution in [0, 0.1) is 0 Å². The van der Waals surface area contributed by atoms with Crippen LogP contribution in [0.25, 0.3) is 0 Å². The van der Waals surface area contributed by atoms with Gasteiger partial charge in [-0.3, -0.25) is 4.79 Å². The molecule has 0 fully saturated rings. The fraction of sp³-hybridized carbons (Fsp3) is 0.700. The summed E-state index contributed by atoms with van der Waals surface area (Å²) >= 11 is 0. The third-order valence-electron chi connectivity index (χ3n) is 2.19. The van der Waals surface area contributed by atoms with Crippen molar-refractivity contribution in [2.24, 2.45) is 5.73 Å². The molecule has 0 saturated heterocycles. The van der Waals surface area contributed by atoms with Crippen molar-refractivity contribution in [2.75, 3.05) is 13.1 Å². The van der Waals surface area contributed by atoms with E-state index in [4.69, 9.17) is 10.8 Å². The van der Waals surface area contributed by atoms with Gasteiger partial charge in [0, 0.05) is 6.54 Å². The number of rotatable bonds is 7. The molecule has 4 N–H and O–H groups in total. The highest BCUT2D eigenvalue weighted by Gasteiger charge is 2.22. The molecule has 7 nitrogen and oxygen atoms in total. The van der Waals surface area contributed by atoms with E-state index in [2.05, 4.69) is 5.32 Å². The number of amides is 3. The molecule has 0 saturated carbocycles. The third kappa shape index (κ3) is 5.74. The molecule has 0 radical (unpaired) electrons. The Morgan fingerprint density at radius 2 is 1.94 bits per heavy atom. The van der Waals surface area contributed by atoms with Crippen molar-refractivity contribution in [1.82, 2.24) is 10.2 Å². The third-order valence-corrected chi connectivity index (χ3v) is 2.19. The predicted molar refractivity (Wildman–Crippen MR) is 61.3 cm³/mol. The quantitative estimate of drug-likeness (QED) is 0.574. The minimum atomic E-state index is -1.09. The zero-order valence-corrected chi connectivity index (χ0v) is 10.1. The topological polar surface area (TPSA) is 113 Å². The molecule has 0 aliphatic carbocycles. The van der Waals surface area contributed by atoms with Gasteiger partial charge in [-0.15, -0.1) is 0 Å². The maximum absolute atomic E-state index is 11.6. The van der Waals surface area contributed by atoms with Crippen LogP contribution in [-0.4, -0.2) is 47.0 Å². The first-order chi connectivity index (χ1) is 7.92. The van der Waals surface area contributed by atoms with Gasteiger partial charge in [0.1, 0.15) is 12.6 Å². The summed E-state index contributed by atoms with van der Waals surface area (Å²) in [7, 11) is 0. The lowest BCUT2D eigenvalue weighted by atomic mass is 10.2. The number of nitrogens with one attached hydrogen (secondary N) is 1. The molecule has 0 heterocycles. The van der Waals surface area contributed by atoms with Crippen LogP contribution in [0.3, 0.4) is 0 Å². The number of primary amides is 1. The van der Waals surface area contributed by atoms with Gasteiger partial charge in [-0.1, -0.05) is 13.3 Å². The zero-order chi connectivity index (χ0) is 13.4. The second kappa shape index (κ2) is 7.48. The molecule has 0 aromatic rings. The Balaban J connectivity index is 4.45. The van der Waals surface area contributed by atoms with Crippen molar-refractivity contribution >= 4 is 17.9 Å². The first kappa shape index (κ1) is 15.2. The van der Waals surface area contributed by atoms with Crippen LogP contribution >= 0.6 is 0 Å². The summed E-state index contributed by atoms with van der Waals surface area (Å²) in [6, 6.07) is -1.53. The van der Waals surface area contributed by atoms with E-state index in [-0.39, 0.29) is 13.1 Å². The van der Waals surface area contributed by atoms with Crippen LogP contribution in [0.15, 0.2) is 0 Å². The number of carbonyl (C=O) groups is 3. The standard InChI is InChI=1S/C10H19N3O4/c1-3-5-7(9(15)16)12-10(17)13(4-2)6-8(11)14/h7H,3-6H2,1-2H3,(H2,11,14)(H,12,17)(H,15,16)/t7-/m1/s1. The number of aliphatic carboxylic acids is 1. The molecule has 0 unspecified atom stereocenters. The van der Waals surface area contributed by atoms with E-state index in [9.17, 15) is 14.4 Å². The molecular formula is C10H19N3O4. The van der Waals surface area contributed by atoms with E-state index in [1.165, 1.54) is 0 Å². The first-order valence-corrected chi connectivity index (χ1v) is 5.48. The Bertz CT molecular complexity index is 293. The van der Waals surface area contributed by atoms with Gasteiger partial charge in [0.15, 0.2) is 0 Å². The van der Waals surface area contributed by atoms with Crippen molar-refractivity contribution in [2.45, 2.75) is 32.7 Å². The molecule has 0 aliphatic heterocycles. The summed E-state index contributed by atoms with van der Waals surface area (Å²) in [4.78, 5) is 34.3. The van der Waals surface area contributed by atoms with Gasteiger partial charge in [-0.05, 0) is 13.3 Å². The number of nitrogens with zero attached hydrogens (tertiary/aromatic N) is 1. The van der Waals surface area contributed by atoms with Gasteiger partial charge in [0.2, 0.25) is 5.91 Å². The smallest absolute Gasteiger partial charge is 0.326 e. The number of likely N-dealkylation sites (N-methyl/N-ethyl adjacent to an activating group) is 1. The monoisotopic (exact) mass is 245 g/mol. The van der Waals surface area contributed by atoms with Gasteiger partial charge in [0.25, 0.3) is 0 Å². The molecule has 0 aromatic carbocycles. The Labute approximate surface area is 100.0 Å². The SMILES string of the molecule is CCC[C@@H](NC(=O)N(CC)CC(N)=O)C(=O)O. The molecule has 7 heteroatoms. The normalized spacial score (nSPS) is 11.6. The van der Waals surface area contributed by atoms with Crippen LogP contribution in [-0.2, 0) is 9.59 Å². The molecule has 0 aliphatic rings. The molecule has 0 bridgehead atoms. The van der Waals surface area contributed by atoms with E-state index >= 15 is 0 Å². The zero-order valence-electron chi connectivity index (χ0n) is 10.1. The van der Waals surface area contributed by atoms with E-state index in [1.807, 2.05) is 6.92 Å². The minimum absolute atomic E-state index is 0.221. The molecule has 0 rings (SSSR count). The lowest BCUT2D eigenvalue weighted by Crippen LogP contribution is -2.50. The lowest BCUT2D eigenvalue weighted by Gasteiger charge is -2.22. The van der Waals surface area contributed by atoms with Crippen molar-refractivity contribution < 1.29 is 19.5 Å². The summed E-state index contributed by atoms with van der Waals surface area (Å²) in [5.74, 6) is -1.72. The molecule has 3 amide bonds. The number of hydrogen-bond acceptors (Lipinski definition) is 3. The lowest BCUT2D eigenvalue weighted by molar-refractivity contribution is -0.139. The maximum Gasteiger partial charge on any atom is 0.326 e. The number of hydrogen-bond donors (Lipinski definition) is 3. The van der Waals surface area contributed by atoms with E-state index in [1.54, 1.807) is 6.92 Å². The highest BCUT2D eigenvalue weighted by atomic mass is 16.4. The van der Waals surface area contributed by atoms with Crippen molar-refractivity contribution in [3.05, 3.63) is 0 Å². The molecule has 98 valence electrons. The molecule has 17 heavy (non-hydrogen) atoms.